The van der Waals surface area contributed by atoms with Crippen LogP contribution < -0.4 is 10.6 Å². The van der Waals surface area contributed by atoms with Gasteiger partial charge in [0.15, 0.2) is 0 Å². The van der Waals surface area contributed by atoms with Crippen molar-refractivity contribution in [1.82, 2.24) is 20.4 Å². The molecule has 3 amide bonds. The number of rotatable bonds is 12. The van der Waals surface area contributed by atoms with E-state index in [2.05, 4.69) is 29.4 Å². The van der Waals surface area contributed by atoms with Gasteiger partial charge in [0.2, 0.25) is 17.7 Å². The number of likely N-dealkylation sites (N-methyl/N-ethyl adjacent to an activating group) is 1. The van der Waals surface area contributed by atoms with Crippen LogP contribution in [0.25, 0.3) is 0 Å². The van der Waals surface area contributed by atoms with Gasteiger partial charge in [0.1, 0.15) is 6.04 Å². The van der Waals surface area contributed by atoms with E-state index in [4.69, 9.17) is 5.11 Å². The van der Waals surface area contributed by atoms with Crippen LogP contribution in [0.2, 0.25) is 0 Å². The van der Waals surface area contributed by atoms with E-state index in [1.807, 2.05) is 27.7 Å². The van der Waals surface area contributed by atoms with E-state index in [0.717, 1.165) is 25.8 Å². The predicted molar refractivity (Wildman–Crippen MR) is 138 cm³/mol. The van der Waals surface area contributed by atoms with Gasteiger partial charge in [-0.1, -0.05) is 40.2 Å². The van der Waals surface area contributed by atoms with E-state index in [0.29, 0.717) is 5.57 Å². The molecule has 202 valence electrons. The lowest BCUT2D eigenvalue weighted by Gasteiger charge is -2.39. The number of carbonyl (C=O) groups is 3. The Balaban J connectivity index is 3.02. The first-order valence-electron chi connectivity index (χ1n) is 12.9. The minimum atomic E-state index is -1.02. The van der Waals surface area contributed by atoms with Crippen molar-refractivity contribution in [3.05, 3.63) is 11.6 Å². The maximum atomic E-state index is 13.6. The lowest BCUT2D eigenvalue weighted by atomic mass is 9.95. The van der Waals surface area contributed by atoms with Crippen LogP contribution in [0.15, 0.2) is 11.6 Å². The van der Waals surface area contributed by atoms with E-state index in [1.54, 1.807) is 24.9 Å². The standard InChI is InChI=1S/C26H48N4O5/c1-16(2)22(13-19(7)24(33)27-14-20(32)15-31)29(8)26(35)23(17(3)4)28-25(34)21-11-9-10-12-30(21)18(5)6/h13,16-18,20-23,31-32H,9-12,14-15H2,1-8H3,(H,27,33)(H,28,34)/t20-,21+,22?,23-/m0/s1. The Hall–Kier alpha value is -1.97. The van der Waals surface area contributed by atoms with Crippen LogP contribution in [0.3, 0.4) is 0 Å². The fourth-order valence-electron chi connectivity index (χ4n) is 4.48. The van der Waals surface area contributed by atoms with Crippen molar-refractivity contribution in [2.75, 3.05) is 26.7 Å². The molecule has 35 heavy (non-hydrogen) atoms. The molecule has 0 aliphatic carbocycles. The Labute approximate surface area is 211 Å². The summed E-state index contributed by atoms with van der Waals surface area (Å²) in [6.07, 6.45) is 3.58. The highest BCUT2D eigenvalue weighted by atomic mass is 16.3. The molecule has 9 heteroatoms. The smallest absolute Gasteiger partial charge is 0.246 e. The molecule has 9 nitrogen and oxygen atoms in total. The van der Waals surface area contributed by atoms with Crippen molar-refractivity contribution >= 4 is 17.7 Å². The van der Waals surface area contributed by atoms with E-state index >= 15 is 0 Å². The number of likely N-dealkylation sites (tertiary alicyclic amines) is 1. The van der Waals surface area contributed by atoms with E-state index in [-0.39, 0.29) is 54.2 Å². The number of nitrogens with zero attached hydrogens (tertiary/aromatic N) is 2. The van der Waals surface area contributed by atoms with E-state index in [9.17, 15) is 19.5 Å². The number of hydrogen-bond acceptors (Lipinski definition) is 6. The summed E-state index contributed by atoms with van der Waals surface area (Å²) in [5, 5.41) is 24.0. The molecule has 1 unspecified atom stereocenters. The minimum absolute atomic E-state index is 0.0213. The zero-order valence-electron chi connectivity index (χ0n) is 22.9. The van der Waals surface area contributed by atoms with Gasteiger partial charge in [0.05, 0.1) is 24.8 Å². The van der Waals surface area contributed by atoms with Crippen molar-refractivity contribution in [3.8, 4) is 0 Å². The summed E-state index contributed by atoms with van der Waals surface area (Å²) in [4.78, 5) is 43.1. The van der Waals surface area contributed by atoms with Crippen LogP contribution in [-0.4, -0.2) is 94.7 Å². The summed E-state index contributed by atoms with van der Waals surface area (Å²) >= 11 is 0. The maximum Gasteiger partial charge on any atom is 0.246 e. The Morgan fingerprint density at radius 1 is 1.09 bits per heavy atom. The van der Waals surface area contributed by atoms with Crippen LogP contribution in [0.1, 0.15) is 67.7 Å². The van der Waals surface area contributed by atoms with Crippen LogP contribution in [-0.2, 0) is 14.4 Å². The van der Waals surface area contributed by atoms with Crippen molar-refractivity contribution in [2.45, 2.75) is 98.0 Å². The molecular formula is C26H48N4O5. The first-order valence-corrected chi connectivity index (χ1v) is 12.9. The van der Waals surface area contributed by atoms with Gasteiger partial charge in [-0.3, -0.25) is 19.3 Å². The lowest BCUT2D eigenvalue weighted by Crippen LogP contribution is -2.58. The Morgan fingerprint density at radius 2 is 1.71 bits per heavy atom. The monoisotopic (exact) mass is 496 g/mol. The first kappa shape index (κ1) is 31.1. The van der Waals surface area contributed by atoms with Gasteiger partial charge >= 0.3 is 0 Å². The third kappa shape index (κ3) is 9.20. The molecule has 1 rings (SSSR count). The molecule has 0 spiro atoms. The molecule has 4 N–H and O–H groups in total. The SMILES string of the molecule is CC(=CC(C(C)C)N(C)C(=O)[C@@H](NC(=O)[C@H]1CCCCN1C(C)C)C(C)C)C(=O)NC[C@H](O)CO. The highest BCUT2D eigenvalue weighted by Gasteiger charge is 2.36. The topological polar surface area (TPSA) is 122 Å². The van der Waals surface area contributed by atoms with Gasteiger partial charge in [-0.05, 0) is 52.0 Å². The Bertz CT molecular complexity index is 737. The average molecular weight is 497 g/mol. The lowest BCUT2D eigenvalue weighted by molar-refractivity contribution is -0.140. The fraction of sp³-hybridized carbons (Fsp3) is 0.808. The molecule has 0 aromatic heterocycles. The van der Waals surface area contributed by atoms with Crippen LogP contribution >= 0.6 is 0 Å². The van der Waals surface area contributed by atoms with Crippen molar-refractivity contribution in [2.24, 2.45) is 11.8 Å². The summed E-state index contributed by atoms with van der Waals surface area (Å²) in [6, 6.07) is -1.02. The highest BCUT2D eigenvalue weighted by molar-refractivity contribution is 5.93. The molecule has 4 atom stereocenters. The van der Waals surface area contributed by atoms with Crippen molar-refractivity contribution < 1.29 is 24.6 Å². The van der Waals surface area contributed by atoms with Gasteiger partial charge in [-0.25, -0.2) is 0 Å². The average Bonchev–Trinajstić information content (AvgIpc) is 2.82. The van der Waals surface area contributed by atoms with Crippen LogP contribution in [0, 0.1) is 11.8 Å². The van der Waals surface area contributed by atoms with Gasteiger partial charge in [0.25, 0.3) is 0 Å². The van der Waals surface area contributed by atoms with Gasteiger partial charge in [0, 0.05) is 25.2 Å². The Morgan fingerprint density at radius 3 is 2.23 bits per heavy atom. The highest BCUT2D eigenvalue weighted by Crippen LogP contribution is 2.21. The molecule has 0 bridgehead atoms. The molecule has 0 radical (unpaired) electrons. The zero-order valence-corrected chi connectivity index (χ0v) is 22.9. The number of hydrogen-bond donors (Lipinski definition) is 4. The first-order chi connectivity index (χ1) is 16.3. The number of aliphatic hydroxyl groups excluding tert-OH is 2. The number of nitrogens with one attached hydrogen (secondary N) is 2. The summed E-state index contributed by atoms with van der Waals surface area (Å²) in [5.41, 5.74) is 0.411. The van der Waals surface area contributed by atoms with Crippen LogP contribution in [0.4, 0.5) is 0 Å². The largest absolute Gasteiger partial charge is 0.394 e. The molecule has 1 heterocycles. The van der Waals surface area contributed by atoms with Crippen molar-refractivity contribution in [3.63, 3.8) is 0 Å². The molecule has 0 saturated carbocycles. The Kier molecular flexibility index (Phi) is 12.9. The molecule has 1 saturated heterocycles. The van der Waals surface area contributed by atoms with Crippen molar-refractivity contribution in [1.29, 1.82) is 0 Å². The summed E-state index contributed by atoms with van der Waals surface area (Å²) < 4.78 is 0. The molecule has 0 aromatic carbocycles. The van der Waals surface area contributed by atoms with Crippen LogP contribution in [0.5, 0.6) is 0 Å². The molecular weight excluding hydrogens is 448 g/mol. The quantitative estimate of drug-likeness (QED) is 0.302. The number of aliphatic hydroxyl groups is 2. The van der Waals surface area contributed by atoms with Gasteiger partial charge < -0.3 is 25.7 Å². The summed E-state index contributed by atoms with van der Waals surface area (Å²) in [6.45, 7) is 14.0. The molecule has 1 fully saturated rings. The summed E-state index contributed by atoms with van der Waals surface area (Å²) in [5.74, 6) is -0.754. The molecule has 0 aromatic rings. The third-order valence-electron chi connectivity index (χ3n) is 6.71. The minimum Gasteiger partial charge on any atom is -0.394 e. The van der Waals surface area contributed by atoms with Gasteiger partial charge in [-0.15, -0.1) is 0 Å². The molecule has 1 aliphatic rings. The summed E-state index contributed by atoms with van der Waals surface area (Å²) in [7, 11) is 1.70. The second-order valence-corrected chi connectivity index (χ2v) is 10.7. The zero-order chi connectivity index (χ0) is 26.9. The maximum absolute atomic E-state index is 13.6. The van der Waals surface area contributed by atoms with E-state index in [1.165, 1.54) is 0 Å². The van der Waals surface area contributed by atoms with Gasteiger partial charge in [-0.2, -0.15) is 0 Å². The predicted octanol–water partition coefficient (Wildman–Crippen LogP) is 1.29. The van der Waals surface area contributed by atoms with E-state index < -0.39 is 18.8 Å². The third-order valence-corrected chi connectivity index (χ3v) is 6.71. The second-order valence-electron chi connectivity index (χ2n) is 10.7. The number of piperidine rings is 1. The normalized spacial score (nSPS) is 20.0. The molecule has 1 aliphatic heterocycles. The number of amides is 3. The second kappa shape index (κ2) is 14.6. The number of carbonyl (C=O) groups excluding carboxylic acids is 3. The fourth-order valence-corrected chi connectivity index (χ4v) is 4.48.